The van der Waals surface area contributed by atoms with Crippen LogP contribution in [0, 0.1) is 0 Å². The van der Waals surface area contributed by atoms with E-state index in [1.807, 2.05) is 6.08 Å². The number of hydrogen-bond donors (Lipinski definition) is 3. The van der Waals surface area contributed by atoms with E-state index < -0.39 is 12.1 Å². The molecule has 0 aromatic carbocycles. The first-order valence-electron chi connectivity index (χ1n) is 41.0. The Morgan fingerprint density at radius 2 is 0.523 bits per heavy atom. The number of aliphatic hydroxyl groups excluding tert-OH is 2. The van der Waals surface area contributed by atoms with Crippen molar-refractivity contribution >= 4 is 11.9 Å². The second-order valence-electron chi connectivity index (χ2n) is 28.5. The summed E-state index contributed by atoms with van der Waals surface area (Å²) in [4.78, 5) is 24.7. The number of carbonyl (C=O) groups excluding carboxylic acids is 2. The monoisotopic (exact) mass is 1240 g/mol. The number of nitrogens with one attached hydrogen (secondary N) is 1. The lowest BCUT2D eigenvalue weighted by Crippen LogP contribution is -2.45. The van der Waals surface area contributed by atoms with Gasteiger partial charge in [-0.3, -0.25) is 9.59 Å². The van der Waals surface area contributed by atoms with Gasteiger partial charge < -0.3 is 20.3 Å². The fourth-order valence-corrected chi connectivity index (χ4v) is 13.3. The van der Waals surface area contributed by atoms with E-state index in [0.29, 0.717) is 19.4 Å². The Morgan fingerprint density at radius 1 is 0.307 bits per heavy atom. The summed E-state index contributed by atoms with van der Waals surface area (Å²) in [6.07, 6.45) is 99.2. The van der Waals surface area contributed by atoms with Gasteiger partial charge in [0.25, 0.3) is 0 Å². The Labute approximate surface area is 552 Å². The average Bonchev–Trinajstić information content (AvgIpc) is 3.57. The van der Waals surface area contributed by atoms with Crippen LogP contribution in [0.3, 0.4) is 0 Å². The highest BCUT2D eigenvalue weighted by molar-refractivity contribution is 5.76. The van der Waals surface area contributed by atoms with Gasteiger partial charge in [-0.25, -0.2) is 0 Å². The molecule has 3 N–H and O–H groups in total. The van der Waals surface area contributed by atoms with E-state index >= 15 is 0 Å². The van der Waals surface area contributed by atoms with Gasteiger partial charge in [0.05, 0.1) is 25.4 Å². The summed E-state index contributed by atoms with van der Waals surface area (Å²) in [7, 11) is 0. The molecule has 0 aliphatic carbocycles. The van der Waals surface area contributed by atoms with Crippen molar-refractivity contribution in [1.82, 2.24) is 5.32 Å². The largest absolute Gasteiger partial charge is 0.466 e. The van der Waals surface area contributed by atoms with Gasteiger partial charge in [-0.15, -0.1) is 0 Å². The minimum atomic E-state index is -0.843. The molecule has 0 heterocycles. The molecular weight excluding hydrogens is 1080 g/mol. The van der Waals surface area contributed by atoms with Crippen molar-refractivity contribution in [1.29, 1.82) is 0 Å². The Morgan fingerprint density at radius 3 is 0.773 bits per heavy atom. The van der Waals surface area contributed by atoms with Gasteiger partial charge in [0, 0.05) is 12.8 Å². The molecule has 0 aliphatic heterocycles. The van der Waals surface area contributed by atoms with Crippen molar-refractivity contribution < 1.29 is 24.5 Å². The highest BCUT2D eigenvalue weighted by atomic mass is 16.5. The van der Waals surface area contributed by atoms with Crippen LogP contribution in [-0.4, -0.2) is 47.4 Å². The molecule has 0 radical (unpaired) electrons. The van der Waals surface area contributed by atoms with E-state index in [0.717, 1.165) is 38.5 Å². The first-order chi connectivity index (χ1) is 43.5. The third-order valence-electron chi connectivity index (χ3n) is 19.6. The fourth-order valence-electron chi connectivity index (χ4n) is 13.3. The molecule has 0 saturated heterocycles. The maximum Gasteiger partial charge on any atom is 0.305 e. The summed E-state index contributed by atoms with van der Waals surface area (Å²) >= 11 is 0. The summed E-state index contributed by atoms with van der Waals surface area (Å²) in [5.74, 6) is -0.0332. The van der Waals surface area contributed by atoms with Gasteiger partial charge in [0.1, 0.15) is 0 Å². The molecule has 0 aromatic heterocycles. The topological polar surface area (TPSA) is 95.9 Å². The van der Waals surface area contributed by atoms with E-state index in [9.17, 15) is 19.8 Å². The molecule has 6 heteroatoms. The summed E-state index contributed by atoms with van der Waals surface area (Å²) in [6.45, 7) is 4.97. The Hall–Kier alpha value is -1.40. The summed E-state index contributed by atoms with van der Waals surface area (Å²) in [6, 6.07) is -0.626. The molecular formula is C82H161NO5. The average molecular weight is 1240 g/mol. The number of hydrogen-bond acceptors (Lipinski definition) is 5. The van der Waals surface area contributed by atoms with Gasteiger partial charge in [0.2, 0.25) is 5.91 Å². The fraction of sp³-hybridized carbons (Fsp3) is 0.951. The van der Waals surface area contributed by atoms with Crippen LogP contribution in [-0.2, 0) is 14.3 Å². The van der Waals surface area contributed by atoms with Crippen LogP contribution < -0.4 is 5.32 Å². The quantitative estimate of drug-likeness (QED) is 0.0320. The number of amides is 1. The van der Waals surface area contributed by atoms with E-state index in [1.165, 1.54) is 411 Å². The molecule has 2 atom stereocenters. The highest BCUT2D eigenvalue weighted by Gasteiger charge is 2.18. The zero-order valence-electron chi connectivity index (χ0n) is 60.3. The number of rotatable bonds is 78. The van der Waals surface area contributed by atoms with E-state index in [2.05, 4.69) is 19.2 Å². The number of allylic oxidation sites excluding steroid dienone is 1. The molecule has 1 amide bonds. The van der Waals surface area contributed by atoms with Crippen LogP contribution in [0.1, 0.15) is 476 Å². The molecule has 0 bridgehead atoms. The van der Waals surface area contributed by atoms with Crippen LogP contribution in [0.2, 0.25) is 0 Å². The zero-order valence-corrected chi connectivity index (χ0v) is 60.3. The zero-order chi connectivity index (χ0) is 63.5. The van der Waals surface area contributed by atoms with Crippen molar-refractivity contribution in [2.75, 3.05) is 13.2 Å². The maximum atomic E-state index is 12.6. The molecule has 0 aromatic rings. The van der Waals surface area contributed by atoms with Crippen LogP contribution in [0.5, 0.6) is 0 Å². The second kappa shape index (κ2) is 78.0. The SMILES string of the molecule is CCCCCCCCCCCCCCCCCCCCCCC/C=C/C(O)C(CO)NC(=O)CCCCCCCCCCCCCCCCCCCCCCCCCCCCCCCOC(=O)CCCCCCCCCCCCCCCCCCCCC. The van der Waals surface area contributed by atoms with Crippen LogP contribution in [0.4, 0.5) is 0 Å². The van der Waals surface area contributed by atoms with Gasteiger partial charge in [-0.2, -0.15) is 0 Å². The van der Waals surface area contributed by atoms with Crippen molar-refractivity contribution in [2.24, 2.45) is 0 Å². The van der Waals surface area contributed by atoms with Crippen molar-refractivity contribution in [3.8, 4) is 0 Å². The van der Waals surface area contributed by atoms with E-state index in [-0.39, 0.29) is 18.5 Å². The van der Waals surface area contributed by atoms with Crippen molar-refractivity contribution in [3.63, 3.8) is 0 Å². The first-order valence-corrected chi connectivity index (χ1v) is 41.0. The number of carbonyl (C=O) groups is 2. The van der Waals surface area contributed by atoms with Gasteiger partial charge in [-0.1, -0.05) is 443 Å². The smallest absolute Gasteiger partial charge is 0.305 e. The van der Waals surface area contributed by atoms with Gasteiger partial charge in [0.15, 0.2) is 0 Å². The Kier molecular flexibility index (Phi) is 76.8. The number of unbranched alkanes of at least 4 members (excludes halogenated alkanes) is 67. The van der Waals surface area contributed by atoms with Gasteiger partial charge in [-0.05, 0) is 32.1 Å². The van der Waals surface area contributed by atoms with Crippen molar-refractivity contribution in [2.45, 2.75) is 488 Å². The summed E-state index contributed by atoms with van der Waals surface area (Å²) in [5, 5.41) is 23.3. The molecule has 2 unspecified atom stereocenters. The third-order valence-corrected chi connectivity index (χ3v) is 19.6. The molecule has 0 rings (SSSR count). The third kappa shape index (κ3) is 73.6. The second-order valence-corrected chi connectivity index (χ2v) is 28.5. The molecule has 0 fully saturated rings. The van der Waals surface area contributed by atoms with Gasteiger partial charge >= 0.3 is 5.97 Å². The predicted octanol–water partition coefficient (Wildman–Crippen LogP) is 27.1. The van der Waals surface area contributed by atoms with E-state index in [1.54, 1.807) is 6.08 Å². The summed E-state index contributed by atoms with van der Waals surface area (Å²) < 4.78 is 5.52. The van der Waals surface area contributed by atoms with Crippen LogP contribution >= 0.6 is 0 Å². The normalized spacial score (nSPS) is 12.5. The van der Waals surface area contributed by atoms with Crippen LogP contribution in [0.25, 0.3) is 0 Å². The predicted molar refractivity (Wildman–Crippen MR) is 389 cm³/mol. The number of esters is 1. The molecule has 0 aliphatic rings. The number of ether oxygens (including phenoxy) is 1. The lowest BCUT2D eigenvalue weighted by molar-refractivity contribution is -0.143. The molecule has 524 valence electrons. The molecule has 0 spiro atoms. The summed E-state index contributed by atoms with van der Waals surface area (Å²) in [5.41, 5.74) is 0. The Balaban J connectivity index is 3.34. The van der Waals surface area contributed by atoms with Crippen LogP contribution in [0.15, 0.2) is 12.2 Å². The van der Waals surface area contributed by atoms with E-state index in [4.69, 9.17) is 4.74 Å². The first kappa shape index (κ1) is 86.6. The lowest BCUT2D eigenvalue weighted by atomic mass is 10.0. The van der Waals surface area contributed by atoms with Crippen molar-refractivity contribution in [3.05, 3.63) is 12.2 Å². The standard InChI is InChI=1S/C82H161NO5/c1-3-5-7-9-11-13-15-17-19-21-23-24-32-35-39-42-46-50-54-58-62-66-70-74-80(85)79(78-84)83-81(86)75-71-67-63-59-55-51-47-43-40-36-33-30-28-26-25-27-29-31-34-37-41-45-49-53-57-61-65-69-73-77-88-82(87)76-72-68-64-60-56-52-48-44-38-22-20-18-16-14-12-10-8-6-4-2/h70,74,79-80,84-85H,3-69,71-73,75-78H2,1-2H3,(H,83,86)/b74-70+. The minimum absolute atomic E-state index is 0.0255. The Bertz CT molecular complexity index is 1340. The molecule has 0 saturated carbocycles. The molecule has 6 nitrogen and oxygen atoms in total. The highest BCUT2D eigenvalue weighted by Crippen LogP contribution is 2.21. The maximum absolute atomic E-state index is 12.6. The lowest BCUT2D eigenvalue weighted by Gasteiger charge is -2.20. The number of aliphatic hydroxyl groups is 2. The minimum Gasteiger partial charge on any atom is -0.466 e. The molecule has 88 heavy (non-hydrogen) atoms.